The molecule has 0 radical (unpaired) electrons. The van der Waals surface area contributed by atoms with Gasteiger partial charge in [0.1, 0.15) is 11.9 Å². The van der Waals surface area contributed by atoms with E-state index in [0.29, 0.717) is 18.7 Å². The largest absolute Gasteiger partial charge is 0.495 e. The van der Waals surface area contributed by atoms with Gasteiger partial charge in [-0.05, 0) is 18.2 Å². The highest BCUT2D eigenvalue weighted by atomic mass is 16.5. The number of ether oxygens (including phenoxy) is 2. The zero-order valence-corrected chi connectivity index (χ0v) is 15.3. The number of benzene rings is 2. The van der Waals surface area contributed by atoms with Crippen molar-refractivity contribution in [1.29, 1.82) is 0 Å². The summed E-state index contributed by atoms with van der Waals surface area (Å²) in [4.78, 5) is 28.7. The number of hydrogen-bond donors (Lipinski definition) is 0. The van der Waals surface area contributed by atoms with Gasteiger partial charge in [-0.2, -0.15) is 0 Å². The van der Waals surface area contributed by atoms with Crippen molar-refractivity contribution in [3.05, 3.63) is 59.7 Å². The first-order valence-corrected chi connectivity index (χ1v) is 9.13. The Bertz CT molecular complexity index is 859. The molecule has 2 aromatic carbocycles. The Morgan fingerprint density at radius 3 is 2.56 bits per heavy atom. The lowest BCUT2D eigenvalue weighted by Crippen LogP contribution is -2.49. The Hall–Kier alpha value is -3.02. The van der Waals surface area contributed by atoms with E-state index < -0.39 is 6.10 Å². The number of rotatable bonds is 4. The molecule has 4 rings (SSSR count). The summed E-state index contributed by atoms with van der Waals surface area (Å²) in [6.07, 6.45) is -0.286. The molecule has 0 aliphatic carbocycles. The molecule has 1 fully saturated rings. The van der Waals surface area contributed by atoms with Crippen LogP contribution in [0.2, 0.25) is 0 Å². The van der Waals surface area contributed by atoms with Crippen molar-refractivity contribution in [2.24, 2.45) is 0 Å². The van der Waals surface area contributed by atoms with Crippen LogP contribution < -0.4 is 9.64 Å². The van der Waals surface area contributed by atoms with E-state index in [2.05, 4.69) is 4.90 Å². The molecular formula is C21H22N2O4. The molecule has 0 spiro atoms. The van der Waals surface area contributed by atoms with Gasteiger partial charge in [-0.15, -0.1) is 0 Å². The molecule has 1 saturated heterocycles. The first kappa shape index (κ1) is 17.4. The highest BCUT2D eigenvalue weighted by molar-refractivity contribution is 5.94. The molecule has 2 aliphatic heterocycles. The number of piperazine rings is 1. The topological polar surface area (TPSA) is 59.1 Å². The third-order valence-electron chi connectivity index (χ3n) is 5.20. The number of esters is 1. The van der Waals surface area contributed by atoms with Crippen molar-refractivity contribution in [2.75, 3.05) is 38.2 Å². The second-order valence-electron chi connectivity index (χ2n) is 6.73. The molecule has 2 heterocycles. The molecule has 0 unspecified atom stereocenters. The summed E-state index contributed by atoms with van der Waals surface area (Å²) in [5, 5.41) is 0. The van der Waals surface area contributed by atoms with Gasteiger partial charge < -0.3 is 19.3 Å². The number of nitrogens with zero attached hydrogens (tertiary/aromatic N) is 2. The molecule has 1 atom stereocenters. The molecule has 0 saturated carbocycles. The fraction of sp³-hybridized carbons (Fsp3) is 0.333. The quantitative estimate of drug-likeness (QED) is 0.779. The summed E-state index contributed by atoms with van der Waals surface area (Å²) in [6, 6.07) is 15.2. The molecule has 6 nitrogen and oxygen atoms in total. The summed E-state index contributed by atoms with van der Waals surface area (Å²) >= 11 is 0. The lowest BCUT2D eigenvalue weighted by molar-refractivity contribution is -0.133. The van der Waals surface area contributed by atoms with Crippen LogP contribution in [0.15, 0.2) is 48.5 Å². The maximum Gasteiger partial charge on any atom is 0.339 e. The number of hydrogen-bond acceptors (Lipinski definition) is 5. The normalized spacial score (nSPS) is 18.9. The van der Waals surface area contributed by atoms with Crippen LogP contribution in [0.5, 0.6) is 5.75 Å². The second-order valence-corrected chi connectivity index (χ2v) is 6.73. The second kappa shape index (κ2) is 7.31. The minimum atomic E-state index is -0.478. The molecule has 0 aromatic heterocycles. The molecule has 0 N–H and O–H groups in total. The first-order valence-electron chi connectivity index (χ1n) is 9.13. The van der Waals surface area contributed by atoms with Crippen molar-refractivity contribution < 1.29 is 19.1 Å². The van der Waals surface area contributed by atoms with Gasteiger partial charge in [0.05, 0.1) is 24.8 Å². The third kappa shape index (κ3) is 3.35. The van der Waals surface area contributed by atoms with Gasteiger partial charge in [-0.3, -0.25) is 4.79 Å². The molecule has 2 aliphatic rings. The van der Waals surface area contributed by atoms with Crippen LogP contribution in [0.1, 0.15) is 28.4 Å². The summed E-state index contributed by atoms with van der Waals surface area (Å²) < 4.78 is 10.8. The van der Waals surface area contributed by atoms with Gasteiger partial charge >= 0.3 is 5.97 Å². The fourth-order valence-electron chi connectivity index (χ4n) is 3.75. The van der Waals surface area contributed by atoms with E-state index in [4.69, 9.17) is 9.47 Å². The lowest BCUT2D eigenvalue weighted by Gasteiger charge is -2.37. The Labute approximate surface area is 158 Å². The van der Waals surface area contributed by atoms with E-state index >= 15 is 0 Å². The van der Waals surface area contributed by atoms with Crippen LogP contribution in [0.25, 0.3) is 0 Å². The highest BCUT2D eigenvalue weighted by Gasteiger charge is 2.34. The number of para-hydroxylation sites is 2. The van der Waals surface area contributed by atoms with Crippen molar-refractivity contribution in [3.63, 3.8) is 0 Å². The molecular weight excluding hydrogens is 344 g/mol. The van der Waals surface area contributed by atoms with Crippen LogP contribution in [0.3, 0.4) is 0 Å². The monoisotopic (exact) mass is 366 g/mol. The average Bonchev–Trinajstić information content (AvgIpc) is 3.04. The molecule has 27 heavy (non-hydrogen) atoms. The Morgan fingerprint density at radius 1 is 1.07 bits per heavy atom. The smallest absolute Gasteiger partial charge is 0.339 e. The van der Waals surface area contributed by atoms with Crippen LogP contribution in [-0.2, 0) is 9.53 Å². The minimum absolute atomic E-state index is 0.0178. The summed E-state index contributed by atoms with van der Waals surface area (Å²) in [7, 11) is 1.67. The number of carbonyl (C=O) groups is 2. The van der Waals surface area contributed by atoms with Gasteiger partial charge in [0.15, 0.2) is 0 Å². The van der Waals surface area contributed by atoms with Crippen molar-refractivity contribution >= 4 is 17.6 Å². The van der Waals surface area contributed by atoms with Gasteiger partial charge in [0.2, 0.25) is 5.91 Å². The SMILES string of the molecule is COc1ccccc1N1CCN(C(=O)C[C@H]2OC(=O)c3ccccc32)CC1. The van der Waals surface area contributed by atoms with Gasteiger partial charge in [0, 0.05) is 31.7 Å². The average molecular weight is 366 g/mol. The number of amides is 1. The van der Waals surface area contributed by atoms with E-state index in [1.165, 1.54) is 0 Å². The van der Waals surface area contributed by atoms with Crippen LogP contribution in [0.4, 0.5) is 5.69 Å². The van der Waals surface area contributed by atoms with Crippen LogP contribution in [-0.4, -0.2) is 50.1 Å². The molecule has 6 heteroatoms. The first-order chi connectivity index (χ1) is 13.2. The van der Waals surface area contributed by atoms with Crippen molar-refractivity contribution in [3.8, 4) is 5.75 Å². The van der Waals surface area contributed by atoms with E-state index in [9.17, 15) is 9.59 Å². The van der Waals surface area contributed by atoms with E-state index in [1.54, 1.807) is 19.2 Å². The van der Waals surface area contributed by atoms with Gasteiger partial charge in [-0.25, -0.2) is 4.79 Å². The lowest BCUT2D eigenvalue weighted by atomic mass is 10.0. The van der Waals surface area contributed by atoms with Crippen molar-refractivity contribution in [2.45, 2.75) is 12.5 Å². The summed E-state index contributed by atoms with van der Waals surface area (Å²) in [6.45, 7) is 2.76. The van der Waals surface area contributed by atoms with E-state index in [0.717, 1.165) is 30.1 Å². The Morgan fingerprint density at radius 2 is 1.78 bits per heavy atom. The molecule has 2 aromatic rings. The number of methoxy groups -OCH3 is 1. The highest BCUT2D eigenvalue weighted by Crippen LogP contribution is 2.33. The standard InChI is InChI=1S/C21H22N2O4/c1-26-18-9-5-4-8-17(18)22-10-12-23(13-11-22)20(24)14-19-15-6-2-3-7-16(15)21(25)27-19/h2-9,19H,10-14H2,1H3/t19-/m1/s1. The van der Waals surface area contributed by atoms with Crippen LogP contribution >= 0.6 is 0 Å². The van der Waals surface area contributed by atoms with Crippen molar-refractivity contribution in [1.82, 2.24) is 4.90 Å². The predicted octanol–water partition coefficient (Wildman–Crippen LogP) is 2.65. The zero-order chi connectivity index (χ0) is 18.8. The molecule has 140 valence electrons. The molecule has 0 bridgehead atoms. The van der Waals surface area contributed by atoms with E-state index in [1.807, 2.05) is 41.3 Å². The summed E-state index contributed by atoms with van der Waals surface area (Å²) in [5.41, 5.74) is 2.42. The van der Waals surface area contributed by atoms with Crippen LogP contribution in [0, 0.1) is 0 Å². The maximum atomic E-state index is 12.7. The Kier molecular flexibility index (Phi) is 4.71. The van der Waals surface area contributed by atoms with Gasteiger partial charge in [0.25, 0.3) is 0 Å². The van der Waals surface area contributed by atoms with Gasteiger partial charge in [-0.1, -0.05) is 30.3 Å². The summed E-state index contributed by atoms with van der Waals surface area (Å²) in [5.74, 6) is 0.514. The number of cyclic esters (lactones) is 1. The zero-order valence-electron chi connectivity index (χ0n) is 15.3. The number of fused-ring (bicyclic) bond motifs is 1. The van der Waals surface area contributed by atoms with E-state index in [-0.39, 0.29) is 18.3 Å². The third-order valence-corrected chi connectivity index (χ3v) is 5.20. The minimum Gasteiger partial charge on any atom is -0.495 e. The fourth-order valence-corrected chi connectivity index (χ4v) is 3.75. The molecule has 1 amide bonds. The number of carbonyl (C=O) groups excluding carboxylic acids is 2. The maximum absolute atomic E-state index is 12.7. The number of anilines is 1. The predicted molar refractivity (Wildman–Crippen MR) is 101 cm³/mol. The Balaban J connectivity index is 1.38.